The van der Waals surface area contributed by atoms with E-state index in [-0.39, 0.29) is 12.6 Å². The second-order valence-electron chi connectivity index (χ2n) is 5.35. The van der Waals surface area contributed by atoms with Crippen LogP contribution in [0.3, 0.4) is 0 Å². The molecule has 0 bridgehead atoms. The lowest BCUT2D eigenvalue weighted by Gasteiger charge is -2.18. The summed E-state index contributed by atoms with van der Waals surface area (Å²) in [5.74, 6) is -0.250. The van der Waals surface area contributed by atoms with Gasteiger partial charge in [-0.2, -0.15) is 0 Å². The van der Waals surface area contributed by atoms with Crippen LogP contribution in [-0.4, -0.2) is 23.8 Å². The van der Waals surface area contributed by atoms with Gasteiger partial charge in [0.15, 0.2) is 0 Å². The summed E-state index contributed by atoms with van der Waals surface area (Å²) in [6.07, 6.45) is 4.74. The molecule has 0 aromatic carbocycles. The maximum Gasteiger partial charge on any atom is 0.311 e. The van der Waals surface area contributed by atoms with Crippen molar-refractivity contribution in [3.63, 3.8) is 0 Å². The first-order valence-corrected chi connectivity index (χ1v) is 6.23. The Hall–Kier alpha value is -0.570. The first kappa shape index (κ1) is 15.4. The van der Waals surface area contributed by atoms with E-state index >= 15 is 0 Å². The fraction of sp³-hybridized carbons (Fsp3) is 0.923. The minimum atomic E-state index is -0.511. The lowest BCUT2D eigenvalue weighted by Crippen LogP contribution is -2.27. The van der Waals surface area contributed by atoms with Gasteiger partial charge >= 0.3 is 5.97 Å². The van der Waals surface area contributed by atoms with Crippen LogP contribution < -0.4 is 0 Å². The maximum absolute atomic E-state index is 11.4. The molecule has 0 aromatic rings. The molecule has 0 saturated carbocycles. The molecule has 3 heteroatoms. The number of hydrogen-bond donors (Lipinski definition) is 1. The summed E-state index contributed by atoms with van der Waals surface area (Å²) in [5, 5.41) is 9.59. The molecular weight excluding hydrogens is 204 g/mol. The van der Waals surface area contributed by atoms with Crippen LogP contribution in [0.25, 0.3) is 0 Å². The zero-order valence-corrected chi connectivity index (χ0v) is 11.1. The summed E-state index contributed by atoms with van der Waals surface area (Å²) in [4.78, 5) is 11.4. The number of rotatable bonds is 7. The van der Waals surface area contributed by atoms with Gasteiger partial charge in [0.25, 0.3) is 0 Å². The van der Waals surface area contributed by atoms with Gasteiger partial charge in [0.2, 0.25) is 0 Å². The van der Waals surface area contributed by atoms with Crippen molar-refractivity contribution in [2.45, 2.75) is 65.9 Å². The highest BCUT2D eigenvalue weighted by Gasteiger charge is 2.23. The molecule has 0 unspecified atom stereocenters. The molecule has 3 nitrogen and oxygen atoms in total. The van der Waals surface area contributed by atoms with Crippen LogP contribution in [0.2, 0.25) is 0 Å². The Labute approximate surface area is 99.2 Å². The number of esters is 1. The molecule has 0 heterocycles. The van der Waals surface area contributed by atoms with E-state index < -0.39 is 11.5 Å². The molecule has 0 fully saturated rings. The molecule has 1 N–H and O–H groups in total. The van der Waals surface area contributed by atoms with Crippen LogP contribution >= 0.6 is 0 Å². The fourth-order valence-corrected chi connectivity index (χ4v) is 1.28. The van der Waals surface area contributed by atoms with Crippen molar-refractivity contribution < 1.29 is 14.6 Å². The minimum absolute atomic E-state index is 0.127. The second-order valence-corrected chi connectivity index (χ2v) is 5.35. The van der Waals surface area contributed by atoms with Gasteiger partial charge in [0.05, 0.1) is 11.5 Å². The van der Waals surface area contributed by atoms with Gasteiger partial charge in [-0.15, -0.1) is 0 Å². The Morgan fingerprint density at radius 1 is 1.25 bits per heavy atom. The van der Waals surface area contributed by atoms with Crippen molar-refractivity contribution in [1.29, 1.82) is 0 Å². The number of unbranched alkanes of at least 4 members (excludes halogenated alkanes) is 3. The molecule has 96 valence electrons. The smallest absolute Gasteiger partial charge is 0.311 e. The molecule has 0 amide bonds. The van der Waals surface area contributed by atoms with E-state index in [0.717, 1.165) is 19.3 Å². The Kier molecular flexibility index (Phi) is 7.39. The van der Waals surface area contributed by atoms with Crippen molar-refractivity contribution in [1.82, 2.24) is 0 Å². The van der Waals surface area contributed by atoms with Crippen LogP contribution in [0.15, 0.2) is 0 Å². The zero-order valence-electron chi connectivity index (χ0n) is 11.1. The Bertz CT molecular complexity index is 194. The average molecular weight is 230 g/mol. The first-order chi connectivity index (χ1) is 7.38. The van der Waals surface area contributed by atoms with Crippen LogP contribution in [0.4, 0.5) is 0 Å². The van der Waals surface area contributed by atoms with Gasteiger partial charge in [0.1, 0.15) is 6.61 Å². The van der Waals surface area contributed by atoms with Crippen LogP contribution in [0.1, 0.15) is 59.8 Å². The molecular formula is C13H26O3. The quantitative estimate of drug-likeness (QED) is 0.540. The lowest BCUT2D eigenvalue weighted by atomic mass is 9.97. The second kappa shape index (κ2) is 7.66. The van der Waals surface area contributed by atoms with E-state index in [0.29, 0.717) is 0 Å². The van der Waals surface area contributed by atoms with Gasteiger partial charge in [-0.1, -0.05) is 32.6 Å². The number of ether oxygens (including phenoxy) is 1. The summed E-state index contributed by atoms with van der Waals surface area (Å²) >= 11 is 0. The van der Waals surface area contributed by atoms with Crippen molar-refractivity contribution >= 4 is 5.97 Å². The maximum atomic E-state index is 11.4. The van der Waals surface area contributed by atoms with Crippen molar-refractivity contribution in [2.24, 2.45) is 5.41 Å². The fourth-order valence-electron chi connectivity index (χ4n) is 1.28. The molecule has 0 rings (SSSR count). The van der Waals surface area contributed by atoms with Gasteiger partial charge in [-0.05, 0) is 27.2 Å². The molecule has 0 spiro atoms. The van der Waals surface area contributed by atoms with E-state index in [1.54, 1.807) is 0 Å². The molecule has 16 heavy (non-hydrogen) atoms. The summed E-state index contributed by atoms with van der Waals surface area (Å²) in [5.41, 5.74) is -0.484. The number of aliphatic hydroxyl groups is 1. The molecule has 0 radical (unpaired) electrons. The lowest BCUT2D eigenvalue weighted by molar-refractivity contribution is -0.156. The number of carbonyl (C=O) groups excluding carboxylic acids is 1. The van der Waals surface area contributed by atoms with E-state index in [1.807, 2.05) is 20.8 Å². The summed E-state index contributed by atoms with van der Waals surface area (Å²) in [6.45, 7) is 7.71. The topological polar surface area (TPSA) is 46.5 Å². The largest absolute Gasteiger partial charge is 0.463 e. The highest BCUT2D eigenvalue weighted by molar-refractivity contribution is 5.75. The van der Waals surface area contributed by atoms with Gasteiger partial charge in [-0.3, -0.25) is 4.79 Å². The van der Waals surface area contributed by atoms with Gasteiger partial charge in [-0.25, -0.2) is 0 Å². The number of aliphatic hydroxyl groups excluding tert-OH is 1. The van der Waals surface area contributed by atoms with Gasteiger partial charge < -0.3 is 9.84 Å². The predicted molar refractivity (Wildman–Crippen MR) is 65.2 cm³/mol. The normalized spacial score (nSPS) is 13.6. The number of hydrogen-bond acceptors (Lipinski definition) is 3. The summed E-state index contributed by atoms with van der Waals surface area (Å²) < 4.78 is 5.04. The number of carbonyl (C=O) groups is 1. The zero-order chi connectivity index (χ0) is 12.6. The molecule has 0 aromatic heterocycles. The molecule has 0 aliphatic rings. The third kappa shape index (κ3) is 7.69. The third-order valence-corrected chi connectivity index (χ3v) is 2.41. The van der Waals surface area contributed by atoms with E-state index in [9.17, 15) is 9.90 Å². The summed E-state index contributed by atoms with van der Waals surface area (Å²) in [6, 6.07) is 0. The Balaban J connectivity index is 3.57. The minimum Gasteiger partial charge on any atom is -0.463 e. The van der Waals surface area contributed by atoms with E-state index in [4.69, 9.17) is 4.74 Å². The molecule has 1 atom stereocenters. The molecule has 0 aliphatic carbocycles. The monoisotopic (exact) mass is 230 g/mol. The van der Waals surface area contributed by atoms with Crippen LogP contribution in [0.5, 0.6) is 0 Å². The third-order valence-electron chi connectivity index (χ3n) is 2.41. The Morgan fingerprint density at radius 2 is 1.88 bits per heavy atom. The highest BCUT2D eigenvalue weighted by Crippen LogP contribution is 2.15. The first-order valence-electron chi connectivity index (χ1n) is 6.23. The molecule has 0 aliphatic heterocycles. The Morgan fingerprint density at radius 3 is 2.38 bits per heavy atom. The highest BCUT2D eigenvalue weighted by atomic mass is 16.5. The summed E-state index contributed by atoms with van der Waals surface area (Å²) in [7, 11) is 0. The van der Waals surface area contributed by atoms with Gasteiger partial charge in [0, 0.05) is 0 Å². The predicted octanol–water partition coefficient (Wildman–Crippen LogP) is 2.91. The molecule has 0 saturated heterocycles. The van der Waals surface area contributed by atoms with Crippen LogP contribution in [-0.2, 0) is 9.53 Å². The SMILES string of the molecule is CCCCCC[C@H](O)COC(=O)C(C)(C)C. The van der Waals surface area contributed by atoms with E-state index in [1.165, 1.54) is 12.8 Å². The standard InChI is InChI=1S/C13H26O3/c1-5-6-7-8-9-11(14)10-16-12(15)13(2,3)4/h11,14H,5-10H2,1-4H3/t11-/m0/s1. The van der Waals surface area contributed by atoms with Crippen molar-refractivity contribution in [3.8, 4) is 0 Å². The van der Waals surface area contributed by atoms with Crippen LogP contribution in [0, 0.1) is 5.41 Å². The van der Waals surface area contributed by atoms with Crippen molar-refractivity contribution in [2.75, 3.05) is 6.61 Å². The average Bonchev–Trinajstić information content (AvgIpc) is 2.19. The van der Waals surface area contributed by atoms with Crippen molar-refractivity contribution in [3.05, 3.63) is 0 Å². The van der Waals surface area contributed by atoms with E-state index in [2.05, 4.69) is 6.92 Å².